The molecular weight excluding hydrogens is 352 g/mol. The quantitative estimate of drug-likeness (QED) is 0.759. The van der Waals surface area contributed by atoms with Crippen LogP contribution in [-0.2, 0) is 14.8 Å². The van der Waals surface area contributed by atoms with E-state index in [-0.39, 0.29) is 4.90 Å². The normalized spacial score (nSPS) is 12.5. The van der Waals surface area contributed by atoms with Crippen LogP contribution >= 0.6 is 0 Å². The van der Waals surface area contributed by atoms with Crippen molar-refractivity contribution in [1.82, 2.24) is 10.3 Å². The lowest BCUT2D eigenvalue weighted by Gasteiger charge is -2.17. The Balaban J connectivity index is 2.04. The van der Waals surface area contributed by atoms with Gasteiger partial charge in [-0.3, -0.25) is 10.2 Å². The summed E-state index contributed by atoms with van der Waals surface area (Å²) < 4.78 is 30.4. The van der Waals surface area contributed by atoms with Gasteiger partial charge in [-0.15, -0.1) is 4.83 Å². The number of sulfonamides is 1. The molecule has 0 aliphatic carbocycles. The molecule has 0 unspecified atom stereocenters. The van der Waals surface area contributed by atoms with E-state index in [1.54, 1.807) is 32.0 Å². The van der Waals surface area contributed by atoms with Crippen LogP contribution in [0.4, 0.5) is 0 Å². The van der Waals surface area contributed by atoms with Gasteiger partial charge in [0.15, 0.2) is 6.10 Å². The van der Waals surface area contributed by atoms with E-state index in [0.717, 1.165) is 16.7 Å². The van der Waals surface area contributed by atoms with E-state index in [1.807, 2.05) is 32.9 Å². The van der Waals surface area contributed by atoms with Gasteiger partial charge in [-0.05, 0) is 63.4 Å². The van der Waals surface area contributed by atoms with Crippen LogP contribution < -0.4 is 15.0 Å². The summed E-state index contributed by atoms with van der Waals surface area (Å²) in [6.07, 6.45) is -0.864. The first-order chi connectivity index (χ1) is 12.1. The molecule has 2 rings (SSSR count). The zero-order chi connectivity index (χ0) is 19.5. The number of aryl methyl sites for hydroxylation is 3. The summed E-state index contributed by atoms with van der Waals surface area (Å²) in [4.78, 5) is 14.4. The molecule has 140 valence electrons. The van der Waals surface area contributed by atoms with Crippen LogP contribution in [0.5, 0.6) is 5.75 Å². The molecule has 26 heavy (non-hydrogen) atoms. The van der Waals surface area contributed by atoms with E-state index in [1.165, 1.54) is 6.07 Å². The molecule has 2 aromatic carbocycles. The van der Waals surface area contributed by atoms with Gasteiger partial charge in [0, 0.05) is 0 Å². The molecule has 0 spiro atoms. The molecule has 0 bridgehead atoms. The summed E-state index contributed by atoms with van der Waals surface area (Å²) in [7, 11) is -3.86. The van der Waals surface area contributed by atoms with Crippen LogP contribution in [0.25, 0.3) is 0 Å². The van der Waals surface area contributed by atoms with Gasteiger partial charge in [0.2, 0.25) is 0 Å². The van der Waals surface area contributed by atoms with E-state index in [4.69, 9.17) is 4.74 Å². The molecule has 0 radical (unpaired) electrons. The number of carbonyl (C=O) groups excluding carboxylic acids is 1. The number of hydrogen-bond donors (Lipinski definition) is 2. The Labute approximate surface area is 154 Å². The lowest BCUT2D eigenvalue weighted by molar-refractivity contribution is -0.127. The molecule has 0 aliphatic heterocycles. The fourth-order valence-corrected chi connectivity index (χ4v) is 3.55. The maximum Gasteiger partial charge on any atom is 0.275 e. The lowest BCUT2D eigenvalue weighted by atomic mass is 10.1. The van der Waals surface area contributed by atoms with Gasteiger partial charge in [-0.1, -0.05) is 29.8 Å². The third-order valence-electron chi connectivity index (χ3n) is 4.16. The number of benzene rings is 2. The van der Waals surface area contributed by atoms with Gasteiger partial charge in [-0.25, -0.2) is 8.42 Å². The Morgan fingerprint density at radius 2 is 1.73 bits per heavy atom. The molecule has 0 saturated carbocycles. The number of rotatable bonds is 6. The van der Waals surface area contributed by atoms with Crippen LogP contribution in [0.15, 0.2) is 41.3 Å². The Morgan fingerprint density at radius 1 is 1.04 bits per heavy atom. The predicted molar refractivity (Wildman–Crippen MR) is 100 cm³/mol. The van der Waals surface area contributed by atoms with E-state index in [9.17, 15) is 13.2 Å². The highest BCUT2D eigenvalue weighted by atomic mass is 32.2. The smallest absolute Gasteiger partial charge is 0.275 e. The van der Waals surface area contributed by atoms with Gasteiger partial charge in [0.05, 0.1) is 4.90 Å². The molecule has 0 aromatic heterocycles. The van der Waals surface area contributed by atoms with Crippen molar-refractivity contribution >= 4 is 15.9 Å². The number of ether oxygens (including phenoxy) is 1. The van der Waals surface area contributed by atoms with Gasteiger partial charge in [0.25, 0.3) is 15.9 Å². The summed E-state index contributed by atoms with van der Waals surface area (Å²) in [6.45, 7) is 8.99. The summed E-state index contributed by atoms with van der Waals surface area (Å²) in [5.41, 5.74) is 5.76. The zero-order valence-electron chi connectivity index (χ0n) is 15.6. The summed E-state index contributed by atoms with van der Waals surface area (Å²) >= 11 is 0. The van der Waals surface area contributed by atoms with Crippen LogP contribution in [0.3, 0.4) is 0 Å². The van der Waals surface area contributed by atoms with E-state index in [2.05, 4.69) is 10.3 Å². The molecule has 0 saturated heterocycles. The van der Waals surface area contributed by atoms with Crippen molar-refractivity contribution in [3.05, 3.63) is 58.7 Å². The Morgan fingerprint density at radius 3 is 2.38 bits per heavy atom. The third-order valence-corrected chi connectivity index (χ3v) is 5.56. The molecule has 0 fully saturated rings. The van der Waals surface area contributed by atoms with Crippen molar-refractivity contribution in [2.75, 3.05) is 0 Å². The van der Waals surface area contributed by atoms with Gasteiger partial charge >= 0.3 is 0 Å². The fraction of sp³-hybridized carbons (Fsp3) is 0.316. The first-order valence-corrected chi connectivity index (χ1v) is 9.72. The molecule has 7 heteroatoms. The third kappa shape index (κ3) is 4.62. The summed E-state index contributed by atoms with van der Waals surface area (Å²) in [5, 5.41) is 0. The number of carbonyl (C=O) groups is 1. The Hall–Kier alpha value is -2.38. The van der Waals surface area contributed by atoms with Crippen molar-refractivity contribution in [3.8, 4) is 5.75 Å². The van der Waals surface area contributed by atoms with Crippen molar-refractivity contribution in [2.45, 2.75) is 45.6 Å². The van der Waals surface area contributed by atoms with Gasteiger partial charge in [0.1, 0.15) is 5.75 Å². The highest BCUT2D eigenvalue weighted by Crippen LogP contribution is 2.21. The van der Waals surface area contributed by atoms with Crippen LogP contribution in [-0.4, -0.2) is 20.4 Å². The molecular formula is C19H24N2O4S. The number of nitrogens with one attached hydrogen (secondary N) is 2. The van der Waals surface area contributed by atoms with E-state index < -0.39 is 22.0 Å². The lowest BCUT2D eigenvalue weighted by Crippen LogP contribution is -2.47. The standard InChI is InChI=1S/C19H24N2O4S/c1-12-9-10-18(14(3)11-12)26(23,24)21-20-19(22)16(5)25-17-8-6-7-13(2)15(17)4/h6-11,16,21H,1-5H3,(H,20,22)/t16-/m0/s1. The topological polar surface area (TPSA) is 84.5 Å². The molecule has 0 aliphatic rings. The van der Waals surface area contributed by atoms with Crippen molar-refractivity contribution in [3.63, 3.8) is 0 Å². The van der Waals surface area contributed by atoms with Crippen molar-refractivity contribution < 1.29 is 17.9 Å². The van der Waals surface area contributed by atoms with Gasteiger partial charge in [-0.2, -0.15) is 0 Å². The van der Waals surface area contributed by atoms with E-state index in [0.29, 0.717) is 11.3 Å². The molecule has 6 nitrogen and oxygen atoms in total. The highest BCUT2D eigenvalue weighted by molar-refractivity contribution is 7.89. The minimum atomic E-state index is -3.86. The average molecular weight is 376 g/mol. The maximum absolute atomic E-state index is 12.4. The van der Waals surface area contributed by atoms with Crippen LogP contribution in [0.1, 0.15) is 29.2 Å². The fourth-order valence-electron chi connectivity index (χ4n) is 2.47. The average Bonchev–Trinajstić information content (AvgIpc) is 2.56. The molecule has 2 aromatic rings. The highest BCUT2D eigenvalue weighted by Gasteiger charge is 2.21. The second-order valence-electron chi connectivity index (χ2n) is 6.32. The van der Waals surface area contributed by atoms with Crippen LogP contribution in [0, 0.1) is 27.7 Å². The van der Waals surface area contributed by atoms with Gasteiger partial charge < -0.3 is 4.74 Å². The molecule has 0 heterocycles. The largest absolute Gasteiger partial charge is 0.481 e. The van der Waals surface area contributed by atoms with Crippen molar-refractivity contribution in [1.29, 1.82) is 0 Å². The second-order valence-corrected chi connectivity index (χ2v) is 7.97. The number of hydrogen-bond acceptors (Lipinski definition) is 4. The zero-order valence-corrected chi connectivity index (χ0v) is 16.4. The molecule has 1 amide bonds. The number of hydrazine groups is 1. The Bertz CT molecular complexity index is 923. The maximum atomic E-state index is 12.4. The SMILES string of the molecule is Cc1ccc(S(=O)(=O)NNC(=O)[C@H](C)Oc2cccc(C)c2C)c(C)c1. The minimum absolute atomic E-state index is 0.117. The second kappa shape index (κ2) is 7.88. The van der Waals surface area contributed by atoms with Crippen molar-refractivity contribution in [2.24, 2.45) is 0 Å². The Kier molecular flexibility index (Phi) is 6.05. The van der Waals surface area contributed by atoms with E-state index >= 15 is 0 Å². The summed E-state index contributed by atoms with van der Waals surface area (Å²) in [6, 6.07) is 10.5. The monoisotopic (exact) mass is 376 g/mol. The minimum Gasteiger partial charge on any atom is -0.481 e. The molecule has 1 atom stereocenters. The number of amides is 1. The summed E-state index contributed by atoms with van der Waals surface area (Å²) in [5.74, 6) is 0.00383. The molecule has 2 N–H and O–H groups in total. The predicted octanol–water partition coefficient (Wildman–Crippen LogP) is 2.70. The first-order valence-electron chi connectivity index (χ1n) is 8.23. The van der Waals surface area contributed by atoms with Crippen LogP contribution in [0.2, 0.25) is 0 Å². The first kappa shape index (κ1) is 19.9.